The van der Waals surface area contributed by atoms with E-state index >= 15 is 0 Å². The molecule has 0 aliphatic rings. The highest BCUT2D eigenvalue weighted by molar-refractivity contribution is 4.79. The number of hydrogen-bond acceptors (Lipinski definition) is 2. The van der Waals surface area contributed by atoms with E-state index in [2.05, 4.69) is 32.7 Å². The number of likely N-dealkylation sites (N-methyl/N-ethyl adjacent to an activating group) is 1. The molecule has 0 spiro atoms. The number of hydrogen-bond donors (Lipinski definition) is 1. The molecule has 10 heavy (non-hydrogen) atoms. The summed E-state index contributed by atoms with van der Waals surface area (Å²) in [4.78, 5) is 2.24. The van der Waals surface area contributed by atoms with E-state index in [0.29, 0.717) is 0 Å². The van der Waals surface area contributed by atoms with Crippen LogP contribution in [0.4, 0.5) is 0 Å². The third-order valence-electron chi connectivity index (χ3n) is 1.98. The van der Waals surface area contributed by atoms with Gasteiger partial charge in [-0.1, -0.05) is 13.8 Å². The molecule has 2 N–H and O–H groups in total. The molecule has 1 unspecified atom stereocenters. The van der Waals surface area contributed by atoms with Crippen LogP contribution in [0.15, 0.2) is 0 Å². The van der Waals surface area contributed by atoms with Crippen molar-refractivity contribution >= 4 is 0 Å². The van der Waals surface area contributed by atoms with Crippen molar-refractivity contribution in [2.45, 2.75) is 32.7 Å². The molecule has 62 valence electrons. The molecule has 0 bridgehead atoms. The number of nitrogens with two attached hydrogens (primary N) is 1. The molecule has 2 nitrogen and oxygen atoms in total. The highest BCUT2D eigenvalue weighted by Gasteiger charge is 2.16. The van der Waals surface area contributed by atoms with Gasteiger partial charge in [0.25, 0.3) is 0 Å². The number of nitrogens with zero attached hydrogens (tertiary/aromatic N) is 1. The Morgan fingerprint density at radius 3 is 2.20 bits per heavy atom. The monoisotopic (exact) mass is 144 g/mol. The Kier molecular flexibility index (Phi) is 3.91. The van der Waals surface area contributed by atoms with Crippen LogP contribution < -0.4 is 5.73 Å². The van der Waals surface area contributed by atoms with Crippen molar-refractivity contribution in [2.24, 2.45) is 5.73 Å². The molecule has 0 aliphatic carbocycles. The molecule has 0 heterocycles. The Hall–Kier alpha value is -0.0800. The third-order valence-corrected chi connectivity index (χ3v) is 1.98. The van der Waals surface area contributed by atoms with Crippen LogP contribution in [0.3, 0.4) is 0 Å². The second-order valence-electron chi connectivity index (χ2n) is 3.34. The molecular weight excluding hydrogens is 124 g/mol. The second kappa shape index (κ2) is 3.94. The molecule has 0 saturated heterocycles. The fourth-order valence-corrected chi connectivity index (χ4v) is 0.840. The minimum Gasteiger partial charge on any atom is -0.324 e. The van der Waals surface area contributed by atoms with Crippen molar-refractivity contribution in [2.75, 3.05) is 20.1 Å². The summed E-state index contributed by atoms with van der Waals surface area (Å²) in [7, 11) is 2.10. The zero-order valence-electron chi connectivity index (χ0n) is 7.65. The lowest BCUT2D eigenvalue weighted by molar-refractivity contribution is 0.263. The summed E-state index contributed by atoms with van der Waals surface area (Å²) < 4.78 is 0. The summed E-state index contributed by atoms with van der Waals surface area (Å²) in [5, 5.41) is 0. The average Bonchev–Trinajstić information content (AvgIpc) is 1.87. The van der Waals surface area contributed by atoms with Gasteiger partial charge >= 0.3 is 0 Å². The third kappa shape index (κ3) is 3.85. The van der Waals surface area contributed by atoms with Gasteiger partial charge in [-0.15, -0.1) is 0 Å². The van der Waals surface area contributed by atoms with Gasteiger partial charge in [0.15, 0.2) is 0 Å². The second-order valence-corrected chi connectivity index (χ2v) is 3.34. The van der Waals surface area contributed by atoms with E-state index in [9.17, 15) is 0 Å². The van der Waals surface area contributed by atoms with Crippen molar-refractivity contribution in [3.63, 3.8) is 0 Å². The lowest BCUT2D eigenvalue weighted by Crippen LogP contribution is -2.45. The molecule has 0 saturated carbocycles. The van der Waals surface area contributed by atoms with E-state index in [1.165, 1.54) is 0 Å². The van der Waals surface area contributed by atoms with Crippen molar-refractivity contribution in [1.82, 2.24) is 4.90 Å². The molecule has 0 rings (SSSR count). The zero-order valence-corrected chi connectivity index (χ0v) is 7.65. The van der Waals surface area contributed by atoms with Crippen molar-refractivity contribution in [1.29, 1.82) is 0 Å². The van der Waals surface area contributed by atoms with Crippen molar-refractivity contribution < 1.29 is 0 Å². The molecule has 2 heteroatoms. The standard InChI is InChI=1S/C8H20N2/c1-5-8(3,9)7-10(4)6-2/h5-7,9H2,1-4H3. The Labute approximate surface area is 64.4 Å². The fraction of sp³-hybridized carbons (Fsp3) is 1.00. The van der Waals surface area contributed by atoms with Gasteiger partial charge in [0.05, 0.1) is 0 Å². The van der Waals surface area contributed by atoms with Gasteiger partial charge in [-0.25, -0.2) is 0 Å². The molecule has 0 aromatic heterocycles. The van der Waals surface area contributed by atoms with Gasteiger partial charge in [-0.3, -0.25) is 0 Å². The lowest BCUT2D eigenvalue weighted by atomic mass is 10.0. The van der Waals surface area contributed by atoms with Gasteiger partial charge in [0.2, 0.25) is 0 Å². The van der Waals surface area contributed by atoms with E-state index in [1.807, 2.05) is 0 Å². The minimum absolute atomic E-state index is 0.00917. The van der Waals surface area contributed by atoms with Gasteiger partial charge < -0.3 is 10.6 Å². The maximum atomic E-state index is 5.95. The van der Waals surface area contributed by atoms with Crippen molar-refractivity contribution in [3.8, 4) is 0 Å². The first-order valence-electron chi connectivity index (χ1n) is 3.99. The van der Waals surface area contributed by atoms with E-state index in [4.69, 9.17) is 5.73 Å². The molecule has 0 aliphatic heterocycles. The Bertz CT molecular complexity index is 89.3. The highest BCUT2D eigenvalue weighted by Crippen LogP contribution is 2.05. The SMILES string of the molecule is CCN(C)CC(C)(N)CC. The molecule has 0 aromatic carbocycles. The molecule has 1 atom stereocenters. The zero-order chi connectivity index (χ0) is 8.20. The summed E-state index contributed by atoms with van der Waals surface area (Å²) in [6, 6.07) is 0. The van der Waals surface area contributed by atoms with Gasteiger partial charge in [0, 0.05) is 12.1 Å². The molecule has 0 amide bonds. The van der Waals surface area contributed by atoms with Crippen LogP contribution in [0, 0.1) is 0 Å². The summed E-state index contributed by atoms with van der Waals surface area (Å²) in [6.45, 7) is 8.43. The first-order valence-corrected chi connectivity index (χ1v) is 3.99. The first-order chi connectivity index (χ1) is 4.52. The lowest BCUT2D eigenvalue weighted by Gasteiger charge is -2.28. The maximum Gasteiger partial charge on any atom is 0.0251 e. The Morgan fingerprint density at radius 1 is 1.40 bits per heavy atom. The fourth-order valence-electron chi connectivity index (χ4n) is 0.840. The summed E-state index contributed by atoms with van der Waals surface area (Å²) >= 11 is 0. The minimum atomic E-state index is -0.00917. The van der Waals surface area contributed by atoms with Crippen LogP contribution in [-0.4, -0.2) is 30.6 Å². The van der Waals surface area contributed by atoms with E-state index in [1.54, 1.807) is 0 Å². The van der Waals surface area contributed by atoms with E-state index in [0.717, 1.165) is 19.5 Å². The van der Waals surface area contributed by atoms with Gasteiger partial charge in [-0.05, 0) is 26.9 Å². The van der Waals surface area contributed by atoms with E-state index in [-0.39, 0.29) is 5.54 Å². The summed E-state index contributed by atoms with van der Waals surface area (Å²) in [6.07, 6.45) is 1.04. The highest BCUT2D eigenvalue weighted by atomic mass is 15.1. The normalized spacial score (nSPS) is 17.4. The first kappa shape index (κ1) is 9.92. The Morgan fingerprint density at radius 2 is 1.90 bits per heavy atom. The predicted octanol–water partition coefficient (Wildman–Crippen LogP) is 1.07. The smallest absolute Gasteiger partial charge is 0.0251 e. The van der Waals surface area contributed by atoms with Gasteiger partial charge in [0.1, 0.15) is 0 Å². The Balaban J connectivity index is 3.64. The number of rotatable bonds is 4. The van der Waals surface area contributed by atoms with Crippen LogP contribution >= 0.6 is 0 Å². The van der Waals surface area contributed by atoms with Crippen LogP contribution in [-0.2, 0) is 0 Å². The van der Waals surface area contributed by atoms with Gasteiger partial charge in [-0.2, -0.15) is 0 Å². The summed E-state index contributed by atoms with van der Waals surface area (Å²) in [5.41, 5.74) is 5.94. The van der Waals surface area contributed by atoms with Crippen LogP contribution in [0.25, 0.3) is 0 Å². The van der Waals surface area contributed by atoms with Crippen molar-refractivity contribution in [3.05, 3.63) is 0 Å². The quantitative estimate of drug-likeness (QED) is 0.639. The predicted molar refractivity (Wildman–Crippen MR) is 46.1 cm³/mol. The maximum absolute atomic E-state index is 5.95. The largest absolute Gasteiger partial charge is 0.324 e. The molecular formula is C8H20N2. The van der Waals surface area contributed by atoms with E-state index < -0.39 is 0 Å². The van der Waals surface area contributed by atoms with Crippen LogP contribution in [0.1, 0.15) is 27.2 Å². The molecule has 0 aromatic rings. The van der Waals surface area contributed by atoms with Crippen LogP contribution in [0.5, 0.6) is 0 Å². The molecule has 0 radical (unpaired) electrons. The van der Waals surface area contributed by atoms with Crippen LogP contribution in [0.2, 0.25) is 0 Å². The molecule has 0 fully saturated rings. The summed E-state index contributed by atoms with van der Waals surface area (Å²) in [5.74, 6) is 0. The average molecular weight is 144 g/mol. The topological polar surface area (TPSA) is 29.3 Å².